The van der Waals surface area contributed by atoms with Gasteiger partial charge in [0.25, 0.3) is 0 Å². The van der Waals surface area contributed by atoms with Crippen molar-refractivity contribution in [3.05, 3.63) is 46.7 Å². The number of rotatable bonds is 6. The zero-order chi connectivity index (χ0) is 16.1. The first-order valence-corrected chi connectivity index (χ1v) is 8.34. The Kier molecular flexibility index (Phi) is 5.17. The molecule has 1 aromatic carbocycles. The van der Waals surface area contributed by atoms with E-state index < -0.39 is 5.79 Å². The Morgan fingerprint density at radius 3 is 3.13 bits per heavy atom. The van der Waals surface area contributed by atoms with Gasteiger partial charge in [-0.1, -0.05) is 23.7 Å². The van der Waals surface area contributed by atoms with E-state index in [2.05, 4.69) is 26.1 Å². The topological polar surface area (TPSA) is 77.7 Å². The number of nitrogens with two attached hydrogens (primary N) is 1. The van der Waals surface area contributed by atoms with Gasteiger partial charge in [-0.3, -0.25) is 11.2 Å². The third-order valence-corrected chi connectivity index (χ3v) is 4.20. The molecule has 1 atom stereocenters. The lowest BCUT2D eigenvalue weighted by atomic mass is 10.1. The van der Waals surface area contributed by atoms with Crippen molar-refractivity contribution < 1.29 is 0 Å². The molecule has 23 heavy (non-hydrogen) atoms. The highest BCUT2D eigenvalue weighted by molar-refractivity contribution is 6.30. The molecule has 0 aromatic heterocycles. The number of aliphatic imine (C=N–C) groups is 1. The van der Waals surface area contributed by atoms with Gasteiger partial charge in [-0.25, -0.2) is 10.0 Å². The molecule has 2 heterocycles. The average Bonchev–Trinajstić information content (AvgIpc) is 3.05. The van der Waals surface area contributed by atoms with Crippen molar-refractivity contribution in [3.8, 4) is 0 Å². The Labute approximate surface area is 141 Å². The van der Waals surface area contributed by atoms with Crippen molar-refractivity contribution in [2.24, 2.45) is 10.7 Å². The molecule has 1 saturated heterocycles. The van der Waals surface area contributed by atoms with Gasteiger partial charge in [0.15, 0.2) is 0 Å². The zero-order valence-electron chi connectivity index (χ0n) is 13.1. The van der Waals surface area contributed by atoms with Gasteiger partial charge >= 0.3 is 0 Å². The summed E-state index contributed by atoms with van der Waals surface area (Å²) in [5, 5.41) is 9.53. The van der Waals surface area contributed by atoms with E-state index in [0.717, 1.165) is 44.0 Å². The monoisotopic (exact) mass is 334 g/mol. The quantitative estimate of drug-likeness (QED) is 0.586. The van der Waals surface area contributed by atoms with E-state index in [1.54, 1.807) is 6.21 Å². The highest BCUT2D eigenvalue weighted by Crippen LogP contribution is 2.22. The lowest BCUT2D eigenvalue weighted by molar-refractivity contribution is 0.249. The molecule has 0 amide bonds. The zero-order valence-corrected chi connectivity index (χ0v) is 13.8. The minimum atomic E-state index is -0.988. The summed E-state index contributed by atoms with van der Waals surface area (Å²) in [6, 6.07) is 7.44. The fraction of sp³-hybridized carbons (Fsp3) is 0.438. The van der Waals surface area contributed by atoms with Crippen LogP contribution in [0.3, 0.4) is 0 Å². The lowest BCUT2D eigenvalue weighted by Gasteiger charge is -2.32. The van der Waals surface area contributed by atoms with Gasteiger partial charge in [0.1, 0.15) is 5.82 Å². The van der Waals surface area contributed by atoms with Crippen molar-refractivity contribution in [3.63, 3.8) is 0 Å². The summed E-state index contributed by atoms with van der Waals surface area (Å²) in [6.07, 6.45) is 5.90. The highest BCUT2D eigenvalue weighted by Gasteiger charge is 2.28. The molecule has 2 aliphatic heterocycles. The summed E-state index contributed by atoms with van der Waals surface area (Å²) in [6.45, 7) is 4.13. The number of hydrogen-bond donors (Lipinski definition) is 4. The molecule has 0 radical (unpaired) electrons. The van der Waals surface area contributed by atoms with Crippen molar-refractivity contribution in [1.29, 1.82) is 0 Å². The number of nitrogens with one attached hydrogen (secondary N) is 3. The largest absolute Gasteiger partial charge is 0.372 e. The van der Waals surface area contributed by atoms with Crippen molar-refractivity contribution >= 4 is 17.8 Å². The van der Waals surface area contributed by atoms with Gasteiger partial charge < -0.3 is 10.6 Å². The molecule has 0 saturated carbocycles. The molecular formula is C16H23ClN6. The van der Waals surface area contributed by atoms with Crippen LogP contribution in [0.15, 0.2) is 41.2 Å². The highest BCUT2D eigenvalue weighted by atomic mass is 35.5. The van der Waals surface area contributed by atoms with Gasteiger partial charge in [-0.05, 0) is 31.1 Å². The number of nitrogens with zero attached hydrogens (tertiary/aromatic N) is 2. The Hall–Kier alpha value is -1.60. The van der Waals surface area contributed by atoms with Crippen LogP contribution >= 0.6 is 11.6 Å². The van der Waals surface area contributed by atoms with E-state index >= 15 is 0 Å². The second-order valence-electron chi connectivity index (χ2n) is 5.79. The van der Waals surface area contributed by atoms with Crippen LogP contribution in [0.2, 0.25) is 5.02 Å². The van der Waals surface area contributed by atoms with E-state index in [1.807, 2.05) is 30.3 Å². The normalized spacial score (nSPS) is 24.3. The van der Waals surface area contributed by atoms with Crippen LogP contribution in [0, 0.1) is 0 Å². The number of hydrogen-bond acceptors (Lipinski definition) is 6. The average molecular weight is 335 g/mol. The Morgan fingerprint density at radius 2 is 2.35 bits per heavy atom. The van der Waals surface area contributed by atoms with E-state index in [0.29, 0.717) is 5.02 Å². The van der Waals surface area contributed by atoms with Crippen molar-refractivity contribution in [1.82, 2.24) is 21.1 Å². The number of hydrazine groups is 1. The molecule has 0 spiro atoms. The SMILES string of the molecule is NC1(c2cccc(Cl)c2)N=CC=C(NCCCN2CCCN2)N1. The Morgan fingerprint density at radius 1 is 1.43 bits per heavy atom. The molecule has 3 rings (SSSR count). The summed E-state index contributed by atoms with van der Waals surface area (Å²) in [5.41, 5.74) is 10.6. The van der Waals surface area contributed by atoms with Crippen molar-refractivity contribution in [2.75, 3.05) is 26.2 Å². The second kappa shape index (κ2) is 7.31. The van der Waals surface area contributed by atoms with Crippen LogP contribution in [0.4, 0.5) is 0 Å². The minimum absolute atomic E-state index is 0.645. The smallest absolute Gasteiger partial charge is 0.210 e. The van der Waals surface area contributed by atoms with Crippen LogP contribution in [-0.4, -0.2) is 37.4 Å². The first kappa shape index (κ1) is 16.3. The third kappa shape index (κ3) is 4.23. The molecule has 0 aliphatic carbocycles. The van der Waals surface area contributed by atoms with E-state index in [4.69, 9.17) is 17.3 Å². The molecule has 1 aromatic rings. The fourth-order valence-corrected chi connectivity index (χ4v) is 2.94. The lowest BCUT2D eigenvalue weighted by Crippen LogP contribution is -2.52. The first-order chi connectivity index (χ1) is 11.2. The maximum absolute atomic E-state index is 6.38. The van der Waals surface area contributed by atoms with Crippen LogP contribution < -0.4 is 21.8 Å². The van der Waals surface area contributed by atoms with Gasteiger partial charge in [-0.15, -0.1) is 0 Å². The molecule has 0 bridgehead atoms. The first-order valence-electron chi connectivity index (χ1n) is 7.97. The molecule has 1 unspecified atom stereocenters. The summed E-state index contributed by atoms with van der Waals surface area (Å²) in [7, 11) is 0. The summed E-state index contributed by atoms with van der Waals surface area (Å²) >= 11 is 6.05. The molecule has 7 heteroatoms. The second-order valence-corrected chi connectivity index (χ2v) is 6.23. The minimum Gasteiger partial charge on any atom is -0.372 e. The van der Waals surface area contributed by atoms with Gasteiger partial charge in [-0.2, -0.15) is 0 Å². The predicted molar refractivity (Wildman–Crippen MR) is 93.8 cm³/mol. The summed E-state index contributed by atoms with van der Waals surface area (Å²) < 4.78 is 0. The van der Waals surface area contributed by atoms with E-state index in [-0.39, 0.29) is 0 Å². The van der Waals surface area contributed by atoms with Crippen molar-refractivity contribution in [2.45, 2.75) is 18.6 Å². The van der Waals surface area contributed by atoms with Crippen LogP contribution in [-0.2, 0) is 5.79 Å². The molecule has 5 N–H and O–H groups in total. The van der Waals surface area contributed by atoms with Crippen LogP contribution in [0.5, 0.6) is 0 Å². The number of allylic oxidation sites excluding steroid dienone is 1. The molecule has 124 valence electrons. The molecule has 2 aliphatic rings. The predicted octanol–water partition coefficient (Wildman–Crippen LogP) is 1.11. The van der Waals surface area contributed by atoms with Gasteiger partial charge in [0.05, 0.1) is 0 Å². The van der Waals surface area contributed by atoms with Crippen LogP contribution in [0.1, 0.15) is 18.4 Å². The van der Waals surface area contributed by atoms with Gasteiger partial charge in [0, 0.05) is 43.0 Å². The molecule has 1 fully saturated rings. The molecule has 6 nitrogen and oxygen atoms in total. The van der Waals surface area contributed by atoms with E-state index in [1.165, 1.54) is 6.42 Å². The maximum atomic E-state index is 6.38. The van der Waals surface area contributed by atoms with E-state index in [9.17, 15) is 0 Å². The van der Waals surface area contributed by atoms with Gasteiger partial charge in [0.2, 0.25) is 5.79 Å². The fourth-order valence-electron chi connectivity index (χ4n) is 2.75. The standard InChI is InChI=1S/C16H23ClN6/c17-14-5-1-4-13(12-14)16(18)20-9-6-15(22-16)19-7-2-10-23-11-3-8-21-23/h1,4-6,9,12,19,21-22H,2-3,7-8,10-11,18H2. The van der Waals surface area contributed by atoms with Crippen LogP contribution in [0.25, 0.3) is 0 Å². The summed E-state index contributed by atoms with van der Waals surface area (Å²) in [5.74, 6) is -0.116. The maximum Gasteiger partial charge on any atom is 0.210 e. The Bertz CT molecular complexity index is 596. The number of halogens is 1. The summed E-state index contributed by atoms with van der Waals surface area (Å²) in [4.78, 5) is 4.36. The number of benzene rings is 1. The third-order valence-electron chi connectivity index (χ3n) is 3.97. The molecular weight excluding hydrogens is 312 g/mol. The Balaban J connectivity index is 1.51.